The van der Waals surface area contributed by atoms with Crippen molar-refractivity contribution in [3.8, 4) is 0 Å². The minimum Gasteiger partial charge on any atom is -0.389 e. The Bertz CT molecular complexity index is 937. The van der Waals surface area contributed by atoms with Crippen LogP contribution in [0.2, 0.25) is 0 Å². The summed E-state index contributed by atoms with van der Waals surface area (Å²) in [5, 5.41) is 21.2. The lowest BCUT2D eigenvalue weighted by Gasteiger charge is -2.62. The predicted molar refractivity (Wildman–Crippen MR) is 128 cm³/mol. The van der Waals surface area contributed by atoms with Crippen molar-refractivity contribution in [1.82, 2.24) is 0 Å². The number of Topliss-reactive ketones (excluding diaryl/α,β-unsaturated/α-hetero) is 2. The standard InChI is InChI=1S/C29H40O4/c1-18(31)19-4-6-20(7-5-19)29(33)15-14-27(2)21(16-29)8-9-22-23-10-11-25(26(32)17-30)28(23,3)13-12-24(22)27/h4-7,21-25,30,33H,8-17H2,1-3H3/t21-,22-,23-,24-,25+,27-,28-,29+/m0/s1. The third-order valence-corrected chi connectivity index (χ3v) is 11.1. The number of benzene rings is 1. The lowest BCUT2D eigenvalue weighted by Crippen LogP contribution is -2.55. The lowest BCUT2D eigenvalue weighted by molar-refractivity contribution is -0.156. The molecule has 180 valence electrons. The second-order valence-electron chi connectivity index (χ2n) is 12.3. The molecule has 4 fully saturated rings. The summed E-state index contributed by atoms with van der Waals surface area (Å²) in [6.45, 7) is 6.08. The lowest BCUT2D eigenvalue weighted by atomic mass is 9.43. The van der Waals surface area contributed by atoms with Gasteiger partial charge in [0, 0.05) is 11.5 Å². The molecule has 4 nitrogen and oxygen atoms in total. The second kappa shape index (κ2) is 8.02. The van der Waals surface area contributed by atoms with Gasteiger partial charge in [-0.1, -0.05) is 38.1 Å². The summed E-state index contributed by atoms with van der Waals surface area (Å²) in [4.78, 5) is 24.2. The Kier molecular flexibility index (Phi) is 5.64. The van der Waals surface area contributed by atoms with Gasteiger partial charge in [0.1, 0.15) is 6.61 Å². The van der Waals surface area contributed by atoms with Crippen LogP contribution < -0.4 is 0 Å². The summed E-state index contributed by atoms with van der Waals surface area (Å²) in [5.41, 5.74) is 1.14. The Morgan fingerprint density at radius 1 is 0.909 bits per heavy atom. The molecule has 4 aliphatic carbocycles. The summed E-state index contributed by atoms with van der Waals surface area (Å²) in [6.07, 6.45) is 9.30. The number of hydrogen-bond donors (Lipinski definition) is 2. The highest BCUT2D eigenvalue weighted by Crippen LogP contribution is 2.68. The van der Waals surface area contributed by atoms with Crippen LogP contribution in [-0.4, -0.2) is 28.4 Å². The molecule has 0 aromatic heterocycles. The van der Waals surface area contributed by atoms with Gasteiger partial charge in [0.05, 0.1) is 5.60 Å². The van der Waals surface area contributed by atoms with E-state index >= 15 is 0 Å². The number of aliphatic hydroxyl groups excluding tert-OH is 1. The molecular weight excluding hydrogens is 412 g/mol. The topological polar surface area (TPSA) is 74.6 Å². The SMILES string of the molecule is CC(=O)c1ccc([C@@]2(O)CC[C@@]3(C)[C@@H](CC[C@@H]4[C@@H]3CC[C@]3(C)[C@@H](C(=O)CO)CC[C@@H]43)C2)cc1. The van der Waals surface area contributed by atoms with Gasteiger partial charge in [-0.25, -0.2) is 0 Å². The number of rotatable bonds is 4. The molecule has 0 bridgehead atoms. The smallest absolute Gasteiger partial charge is 0.161 e. The van der Waals surface area contributed by atoms with Crippen LogP contribution in [0.4, 0.5) is 0 Å². The monoisotopic (exact) mass is 452 g/mol. The molecule has 4 saturated carbocycles. The van der Waals surface area contributed by atoms with Crippen molar-refractivity contribution in [2.24, 2.45) is 40.4 Å². The molecule has 8 atom stereocenters. The quantitative estimate of drug-likeness (QED) is 0.608. The Morgan fingerprint density at radius 3 is 2.27 bits per heavy atom. The molecule has 2 N–H and O–H groups in total. The Hall–Kier alpha value is -1.52. The van der Waals surface area contributed by atoms with Crippen LogP contribution in [0.1, 0.15) is 94.5 Å². The van der Waals surface area contributed by atoms with E-state index in [2.05, 4.69) is 13.8 Å². The van der Waals surface area contributed by atoms with E-state index in [1.165, 1.54) is 12.8 Å². The molecule has 1 aromatic carbocycles. The van der Waals surface area contributed by atoms with Gasteiger partial charge >= 0.3 is 0 Å². The fraction of sp³-hybridized carbons (Fsp3) is 0.724. The average molecular weight is 453 g/mol. The summed E-state index contributed by atoms with van der Waals surface area (Å²) in [6, 6.07) is 7.61. The molecule has 0 unspecified atom stereocenters. The maximum absolute atomic E-state index is 12.5. The van der Waals surface area contributed by atoms with Crippen LogP contribution in [-0.2, 0) is 10.4 Å². The van der Waals surface area contributed by atoms with Crippen molar-refractivity contribution in [3.63, 3.8) is 0 Å². The third-order valence-electron chi connectivity index (χ3n) is 11.1. The maximum Gasteiger partial charge on any atom is 0.161 e. The van der Waals surface area contributed by atoms with Gasteiger partial charge in [-0.2, -0.15) is 0 Å². The fourth-order valence-electron chi connectivity index (χ4n) is 9.16. The molecular formula is C29H40O4. The van der Waals surface area contributed by atoms with E-state index in [0.29, 0.717) is 29.2 Å². The van der Waals surface area contributed by atoms with Gasteiger partial charge in [0.2, 0.25) is 0 Å². The van der Waals surface area contributed by atoms with Crippen LogP contribution in [0, 0.1) is 40.4 Å². The first-order valence-corrected chi connectivity index (χ1v) is 13.1. The fourth-order valence-corrected chi connectivity index (χ4v) is 9.16. The minimum absolute atomic E-state index is 0.0356. The van der Waals surface area contributed by atoms with Crippen molar-refractivity contribution in [2.45, 2.75) is 84.2 Å². The molecule has 4 heteroatoms. The zero-order valence-electron chi connectivity index (χ0n) is 20.5. The van der Waals surface area contributed by atoms with Crippen LogP contribution in [0.5, 0.6) is 0 Å². The third kappa shape index (κ3) is 3.46. The zero-order chi connectivity index (χ0) is 23.6. The molecule has 0 amide bonds. The molecule has 1 aromatic rings. The Morgan fingerprint density at radius 2 is 1.61 bits per heavy atom. The van der Waals surface area contributed by atoms with Crippen LogP contribution in [0.3, 0.4) is 0 Å². The van der Waals surface area contributed by atoms with Gasteiger partial charge in [0.15, 0.2) is 11.6 Å². The van der Waals surface area contributed by atoms with Crippen molar-refractivity contribution in [2.75, 3.05) is 6.61 Å². The van der Waals surface area contributed by atoms with E-state index < -0.39 is 5.60 Å². The van der Waals surface area contributed by atoms with Crippen molar-refractivity contribution in [1.29, 1.82) is 0 Å². The van der Waals surface area contributed by atoms with Crippen molar-refractivity contribution >= 4 is 11.6 Å². The van der Waals surface area contributed by atoms with E-state index in [1.54, 1.807) is 6.92 Å². The van der Waals surface area contributed by atoms with E-state index in [-0.39, 0.29) is 34.9 Å². The van der Waals surface area contributed by atoms with Gasteiger partial charge in [-0.05, 0) is 105 Å². The van der Waals surface area contributed by atoms with Crippen molar-refractivity contribution in [3.05, 3.63) is 35.4 Å². The van der Waals surface area contributed by atoms with Gasteiger partial charge in [0.25, 0.3) is 0 Å². The molecule has 0 spiro atoms. The molecule has 0 heterocycles. The highest BCUT2D eigenvalue weighted by molar-refractivity contribution is 5.94. The van der Waals surface area contributed by atoms with Crippen molar-refractivity contribution < 1.29 is 19.8 Å². The molecule has 0 saturated heterocycles. The first kappa shape index (κ1) is 23.2. The first-order valence-electron chi connectivity index (χ1n) is 13.1. The Labute approximate surface area is 198 Å². The van der Waals surface area contributed by atoms with Crippen LogP contribution >= 0.6 is 0 Å². The average Bonchev–Trinajstić information content (AvgIpc) is 3.16. The van der Waals surface area contributed by atoms with E-state index in [0.717, 1.165) is 50.5 Å². The molecule has 0 radical (unpaired) electrons. The summed E-state index contributed by atoms with van der Waals surface area (Å²) >= 11 is 0. The van der Waals surface area contributed by atoms with Gasteiger partial charge in [-0.3, -0.25) is 9.59 Å². The number of carbonyl (C=O) groups is 2. The van der Waals surface area contributed by atoms with Crippen LogP contribution in [0.15, 0.2) is 24.3 Å². The maximum atomic E-state index is 12.5. The number of ketones is 2. The van der Waals surface area contributed by atoms with E-state index in [4.69, 9.17) is 0 Å². The highest BCUT2D eigenvalue weighted by atomic mass is 16.3. The van der Waals surface area contributed by atoms with Gasteiger partial charge in [-0.15, -0.1) is 0 Å². The summed E-state index contributed by atoms with van der Waals surface area (Å²) in [7, 11) is 0. The largest absolute Gasteiger partial charge is 0.389 e. The van der Waals surface area contributed by atoms with Crippen LogP contribution in [0.25, 0.3) is 0 Å². The predicted octanol–water partition coefficient (Wildman–Crippen LogP) is 5.30. The molecule has 33 heavy (non-hydrogen) atoms. The normalized spacial score (nSPS) is 44.5. The van der Waals surface area contributed by atoms with E-state index in [1.807, 2.05) is 24.3 Å². The molecule has 4 aliphatic rings. The zero-order valence-corrected chi connectivity index (χ0v) is 20.5. The number of carbonyl (C=O) groups excluding carboxylic acids is 2. The minimum atomic E-state index is -0.804. The van der Waals surface area contributed by atoms with Gasteiger partial charge < -0.3 is 10.2 Å². The van der Waals surface area contributed by atoms with E-state index in [9.17, 15) is 19.8 Å². The number of fused-ring (bicyclic) bond motifs is 5. The second-order valence-corrected chi connectivity index (χ2v) is 12.3. The Balaban J connectivity index is 1.36. The highest BCUT2D eigenvalue weighted by Gasteiger charge is 2.62. The molecule has 0 aliphatic heterocycles. The summed E-state index contributed by atoms with van der Waals surface area (Å²) in [5.74, 6) is 2.58. The molecule has 5 rings (SSSR count). The number of aliphatic hydroxyl groups is 2. The first-order chi connectivity index (χ1) is 15.6. The summed E-state index contributed by atoms with van der Waals surface area (Å²) < 4.78 is 0. The number of hydrogen-bond acceptors (Lipinski definition) is 4.